The number of piperidine rings is 1. The zero-order chi connectivity index (χ0) is 7.52. The molecule has 1 unspecified atom stereocenters. The van der Waals surface area contributed by atoms with Crippen LogP contribution in [0.15, 0.2) is 0 Å². The van der Waals surface area contributed by atoms with E-state index in [0.717, 1.165) is 19.3 Å². The molecule has 0 amide bonds. The molecule has 0 aromatic heterocycles. The lowest BCUT2D eigenvalue weighted by atomic mass is 10.0. The quantitative estimate of drug-likeness (QED) is 0.522. The standard InChI is InChI=1S/C9H17NO/c1-2-5-10-6-8-11-7-4-9(10)3-1/h9H,1-8H2. The second-order valence-corrected chi connectivity index (χ2v) is 3.59. The molecular weight excluding hydrogens is 138 g/mol. The van der Waals surface area contributed by atoms with Crippen LogP contribution in [0.3, 0.4) is 0 Å². The zero-order valence-corrected chi connectivity index (χ0v) is 7.09. The molecular formula is C9H17NO. The van der Waals surface area contributed by atoms with Crippen LogP contribution in [0.1, 0.15) is 25.7 Å². The summed E-state index contributed by atoms with van der Waals surface area (Å²) in [5, 5.41) is 0. The summed E-state index contributed by atoms with van der Waals surface area (Å²) in [6, 6.07) is 0.853. The predicted molar refractivity (Wildman–Crippen MR) is 44.6 cm³/mol. The highest BCUT2D eigenvalue weighted by Crippen LogP contribution is 2.20. The van der Waals surface area contributed by atoms with Gasteiger partial charge in [0.15, 0.2) is 0 Å². The Morgan fingerprint density at radius 2 is 2.00 bits per heavy atom. The van der Waals surface area contributed by atoms with Crippen molar-refractivity contribution in [3.63, 3.8) is 0 Å². The molecule has 0 bridgehead atoms. The van der Waals surface area contributed by atoms with E-state index in [2.05, 4.69) is 4.90 Å². The van der Waals surface area contributed by atoms with Gasteiger partial charge in [0, 0.05) is 19.2 Å². The Balaban J connectivity index is 1.93. The van der Waals surface area contributed by atoms with Crippen molar-refractivity contribution in [3.05, 3.63) is 0 Å². The van der Waals surface area contributed by atoms with Crippen molar-refractivity contribution < 1.29 is 4.74 Å². The van der Waals surface area contributed by atoms with Crippen molar-refractivity contribution in [1.82, 2.24) is 4.90 Å². The molecule has 2 nitrogen and oxygen atoms in total. The van der Waals surface area contributed by atoms with E-state index in [1.807, 2.05) is 0 Å². The smallest absolute Gasteiger partial charge is 0.0593 e. The van der Waals surface area contributed by atoms with Gasteiger partial charge in [0.25, 0.3) is 0 Å². The van der Waals surface area contributed by atoms with Crippen molar-refractivity contribution in [3.8, 4) is 0 Å². The first-order valence-electron chi connectivity index (χ1n) is 4.78. The number of nitrogens with zero attached hydrogens (tertiary/aromatic N) is 1. The van der Waals surface area contributed by atoms with Gasteiger partial charge in [-0.25, -0.2) is 0 Å². The molecule has 2 aliphatic heterocycles. The molecule has 2 heterocycles. The summed E-state index contributed by atoms with van der Waals surface area (Å²) in [7, 11) is 0. The fourth-order valence-electron chi connectivity index (χ4n) is 2.18. The Kier molecular flexibility index (Phi) is 2.44. The van der Waals surface area contributed by atoms with Gasteiger partial charge in [0.05, 0.1) is 6.61 Å². The van der Waals surface area contributed by atoms with Gasteiger partial charge in [-0.05, 0) is 25.8 Å². The van der Waals surface area contributed by atoms with Crippen LogP contribution in [-0.2, 0) is 4.74 Å². The van der Waals surface area contributed by atoms with Gasteiger partial charge < -0.3 is 4.74 Å². The maximum Gasteiger partial charge on any atom is 0.0593 e. The van der Waals surface area contributed by atoms with E-state index in [0.29, 0.717) is 0 Å². The number of ether oxygens (including phenoxy) is 1. The van der Waals surface area contributed by atoms with E-state index in [1.165, 1.54) is 38.8 Å². The molecule has 2 aliphatic rings. The predicted octanol–water partition coefficient (Wildman–Crippen LogP) is 1.26. The largest absolute Gasteiger partial charge is 0.380 e. The number of rotatable bonds is 0. The van der Waals surface area contributed by atoms with Crippen LogP contribution in [0, 0.1) is 0 Å². The van der Waals surface area contributed by atoms with Crippen LogP contribution < -0.4 is 0 Å². The molecule has 0 aromatic carbocycles. The molecule has 2 saturated heterocycles. The molecule has 0 N–H and O–H groups in total. The fraction of sp³-hybridized carbons (Fsp3) is 1.00. The lowest BCUT2D eigenvalue weighted by Crippen LogP contribution is -2.39. The lowest BCUT2D eigenvalue weighted by Gasteiger charge is -2.33. The summed E-state index contributed by atoms with van der Waals surface area (Å²) < 4.78 is 5.44. The van der Waals surface area contributed by atoms with E-state index in [-0.39, 0.29) is 0 Å². The van der Waals surface area contributed by atoms with Crippen molar-refractivity contribution in [1.29, 1.82) is 0 Å². The molecule has 2 rings (SSSR count). The van der Waals surface area contributed by atoms with Gasteiger partial charge in [-0.2, -0.15) is 0 Å². The second-order valence-electron chi connectivity index (χ2n) is 3.59. The molecule has 0 saturated carbocycles. The van der Waals surface area contributed by atoms with Gasteiger partial charge >= 0.3 is 0 Å². The van der Waals surface area contributed by atoms with E-state index in [4.69, 9.17) is 4.74 Å². The summed E-state index contributed by atoms with van der Waals surface area (Å²) in [4.78, 5) is 2.61. The normalized spacial score (nSPS) is 34.4. The maximum atomic E-state index is 5.44. The molecule has 2 fully saturated rings. The van der Waals surface area contributed by atoms with E-state index >= 15 is 0 Å². The molecule has 0 aromatic rings. The minimum absolute atomic E-state index is 0.853. The molecule has 0 spiro atoms. The van der Waals surface area contributed by atoms with Crippen LogP contribution in [-0.4, -0.2) is 37.2 Å². The second kappa shape index (κ2) is 3.55. The summed E-state index contributed by atoms with van der Waals surface area (Å²) in [5.41, 5.74) is 0. The Labute approximate surface area is 68.5 Å². The Bertz CT molecular complexity index is 113. The highest BCUT2D eigenvalue weighted by Gasteiger charge is 2.23. The SMILES string of the molecule is C1CCN2CCOCCC2C1. The van der Waals surface area contributed by atoms with Crippen molar-refractivity contribution in [2.45, 2.75) is 31.7 Å². The van der Waals surface area contributed by atoms with Crippen molar-refractivity contribution in [2.75, 3.05) is 26.3 Å². The number of fused-ring (bicyclic) bond motifs is 1. The van der Waals surface area contributed by atoms with E-state index in [9.17, 15) is 0 Å². The molecule has 0 aliphatic carbocycles. The third-order valence-electron chi connectivity index (χ3n) is 2.87. The third kappa shape index (κ3) is 1.74. The Hall–Kier alpha value is -0.0800. The first kappa shape index (κ1) is 7.56. The van der Waals surface area contributed by atoms with Gasteiger partial charge in [-0.3, -0.25) is 4.90 Å². The minimum atomic E-state index is 0.853. The van der Waals surface area contributed by atoms with Crippen LogP contribution >= 0.6 is 0 Å². The van der Waals surface area contributed by atoms with Crippen LogP contribution in [0.4, 0.5) is 0 Å². The zero-order valence-electron chi connectivity index (χ0n) is 7.09. The Morgan fingerprint density at radius 1 is 1.00 bits per heavy atom. The van der Waals surface area contributed by atoms with Gasteiger partial charge in [-0.15, -0.1) is 0 Å². The number of hydrogen-bond acceptors (Lipinski definition) is 2. The van der Waals surface area contributed by atoms with Gasteiger partial charge in [0.1, 0.15) is 0 Å². The molecule has 2 heteroatoms. The summed E-state index contributed by atoms with van der Waals surface area (Å²) in [6.45, 7) is 4.43. The van der Waals surface area contributed by atoms with Gasteiger partial charge in [-0.1, -0.05) is 6.42 Å². The molecule has 64 valence electrons. The Morgan fingerprint density at radius 3 is 3.00 bits per heavy atom. The highest BCUT2D eigenvalue weighted by molar-refractivity contribution is 4.78. The first-order chi connectivity index (χ1) is 5.47. The third-order valence-corrected chi connectivity index (χ3v) is 2.87. The fourth-order valence-corrected chi connectivity index (χ4v) is 2.18. The first-order valence-corrected chi connectivity index (χ1v) is 4.78. The monoisotopic (exact) mass is 155 g/mol. The van der Waals surface area contributed by atoms with E-state index < -0.39 is 0 Å². The summed E-state index contributed by atoms with van der Waals surface area (Å²) in [5.74, 6) is 0. The van der Waals surface area contributed by atoms with Crippen LogP contribution in [0.2, 0.25) is 0 Å². The van der Waals surface area contributed by atoms with Crippen molar-refractivity contribution in [2.24, 2.45) is 0 Å². The molecule has 1 atom stereocenters. The van der Waals surface area contributed by atoms with Crippen LogP contribution in [0.5, 0.6) is 0 Å². The average molecular weight is 155 g/mol. The summed E-state index contributed by atoms with van der Waals surface area (Å²) >= 11 is 0. The topological polar surface area (TPSA) is 12.5 Å². The highest BCUT2D eigenvalue weighted by atomic mass is 16.5. The maximum absolute atomic E-state index is 5.44. The summed E-state index contributed by atoms with van der Waals surface area (Å²) in [6.07, 6.45) is 5.50. The van der Waals surface area contributed by atoms with Gasteiger partial charge in [0.2, 0.25) is 0 Å². The lowest BCUT2D eigenvalue weighted by molar-refractivity contribution is 0.134. The molecule has 11 heavy (non-hydrogen) atoms. The van der Waals surface area contributed by atoms with Crippen LogP contribution in [0.25, 0.3) is 0 Å². The van der Waals surface area contributed by atoms with Crippen molar-refractivity contribution >= 4 is 0 Å². The molecule has 0 radical (unpaired) electrons. The van der Waals surface area contributed by atoms with E-state index in [1.54, 1.807) is 0 Å². The average Bonchev–Trinajstić information content (AvgIpc) is 2.28. The number of hydrogen-bond donors (Lipinski definition) is 0. The minimum Gasteiger partial charge on any atom is -0.380 e.